The lowest BCUT2D eigenvalue weighted by molar-refractivity contribution is -0.126. The van der Waals surface area contributed by atoms with Crippen LogP contribution in [0.15, 0.2) is 66.7 Å². The van der Waals surface area contributed by atoms with Gasteiger partial charge in [0.05, 0.1) is 5.92 Å². The van der Waals surface area contributed by atoms with Crippen molar-refractivity contribution in [2.75, 3.05) is 23.4 Å². The molecule has 7 heteroatoms. The van der Waals surface area contributed by atoms with Crippen LogP contribution in [0, 0.1) is 26.7 Å². The molecule has 4 rings (SSSR count). The lowest BCUT2D eigenvalue weighted by Crippen LogP contribution is -2.32. The molecule has 7 nitrogen and oxygen atoms in total. The van der Waals surface area contributed by atoms with Gasteiger partial charge in [-0.05, 0) is 62.2 Å². The second kappa shape index (κ2) is 11.1. The number of ether oxygens (including phenoxy) is 1. The van der Waals surface area contributed by atoms with Crippen molar-refractivity contribution in [3.8, 4) is 5.75 Å². The molecule has 0 aromatic heterocycles. The van der Waals surface area contributed by atoms with Gasteiger partial charge in [-0.25, -0.2) is 0 Å². The summed E-state index contributed by atoms with van der Waals surface area (Å²) in [5, 5.41) is 5.79. The Labute approximate surface area is 211 Å². The molecule has 0 aliphatic carbocycles. The number of amides is 3. The van der Waals surface area contributed by atoms with Crippen molar-refractivity contribution < 1.29 is 19.1 Å². The normalized spacial score (nSPS) is 15.0. The molecule has 3 aromatic rings. The zero-order chi connectivity index (χ0) is 25.7. The molecule has 0 radical (unpaired) electrons. The van der Waals surface area contributed by atoms with Crippen LogP contribution in [0.2, 0.25) is 0 Å². The van der Waals surface area contributed by atoms with Gasteiger partial charge in [-0.3, -0.25) is 14.4 Å². The Hall–Kier alpha value is -4.13. The summed E-state index contributed by atoms with van der Waals surface area (Å²) in [5.41, 5.74) is 5.76. The Bertz CT molecular complexity index is 1250. The molecule has 3 aromatic carbocycles. The fourth-order valence-corrected chi connectivity index (χ4v) is 4.18. The average molecular weight is 486 g/mol. The third kappa shape index (κ3) is 6.30. The summed E-state index contributed by atoms with van der Waals surface area (Å²) in [7, 11) is 0. The molecule has 0 bridgehead atoms. The Balaban J connectivity index is 1.27. The molecule has 1 aliphatic heterocycles. The number of aryl methyl sites for hydroxylation is 3. The Morgan fingerprint density at radius 2 is 1.64 bits per heavy atom. The van der Waals surface area contributed by atoms with Gasteiger partial charge in [0.1, 0.15) is 5.75 Å². The number of rotatable bonds is 8. The molecular formula is C29H31N3O4. The van der Waals surface area contributed by atoms with E-state index in [2.05, 4.69) is 10.6 Å². The van der Waals surface area contributed by atoms with Crippen LogP contribution < -0.4 is 20.3 Å². The third-order valence-electron chi connectivity index (χ3n) is 6.26. The average Bonchev–Trinajstić information content (AvgIpc) is 3.26. The highest BCUT2D eigenvalue weighted by Gasteiger charge is 2.35. The van der Waals surface area contributed by atoms with E-state index in [0.29, 0.717) is 24.5 Å². The van der Waals surface area contributed by atoms with Crippen molar-refractivity contribution in [3.05, 3.63) is 89.0 Å². The fourth-order valence-electron chi connectivity index (χ4n) is 4.18. The van der Waals surface area contributed by atoms with E-state index in [1.807, 2.05) is 63.2 Å². The number of carbonyl (C=O) groups excluding carboxylic acids is 3. The lowest BCUT2D eigenvalue weighted by Gasteiger charge is -2.17. The Kier molecular flexibility index (Phi) is 7.68. The molecule has 36 heavy (non-hydrogen) atoms. The molecule has 1 unspecified atom stereocenters. The number of carbonyl (C=O) groups is 3. The quantitative estimate of drug-likeness (QED) is 0.498. The van der Waals surface area contributed by atoms with Crippen LogP contribution >= 0.6 is 0 Å². The second-order valence-corrected chi connectivity index (χ2v) is 9.26. The van der Waals surface area contributed by atoms with Gasteiger partial charge in [0.2, 0.25) is 11.8 Å². The van der Waals surface area contributed by atoms with Crippen molar-refractivity contribution in [1.29, 1.82) is 0 Å². The van der Waals surface area contributed by atoms with Crippen LogP contribution in [0.1, 0.15) is 28.7 Å². The molecule has 186 valence electrons. The summed E-state index contributed by atoms with van der Waals surface area (Å²) in [6.45, 7) is 6.61. The first-order chi connectivity index (χ1) is 17.3. The largest absolute Gasteiger partial charge is 0.484 e. The molecule has 1 heterocycles. The van der Waals surface area contributed by atoms with Gasteiger partial charge in [-0.2, -0.15) is 0 Å². The SMILES string of the molecule is Cc1ccc(CNC(=O)C2CC(=O)N(c3ccc(OCC(=O)Nc4ccc(C)cc4C)cc3)C2)cc1. The maximum atomic E-state index is 12.6. The summed E-state index contributed by atoms with van der Waals surface area (Å²) < 4.78 is 5.61. The number of benzene rings is 3. The van der Waals surface area contributed by atoms with Gasteiger partial charge in [-0.15, -0.1) is 0 Å². The zero-order valence-corrected chi connectivity index (χ0v) is 20.8. The van der Waals surface area contributed by atoms with Crippen LogP contribution in [-0.2, 0) is 20.9 Å². The maximum Gasteiger partial charge on any atom is 0.262 e. The smallest absolute Gasteiger partial charge is 0.262 e. The first kappa shape index (κ1) is 25.0. The Morgan fingerprint density at radius 1 is 0.944 bits per heavy atom. The first-order valence-corrected chi connectivity index (χ1v) is 12.0. The van der Waals surface area contributed by atoms with Gasteiger partial charge < -0.3 is 20.3 Å². The predicted molar refractivity (Wildman–Crippen MR) is 140 cm³/mol. The summed E-state index contributed by atoms with van der Waals surface area (Å²) in [4.78, 5) is 39.1. The van der Waals surface area contributed by atoms with Gasteiger partial charge in [-0.1, -0.05) is 47.5 Å². The number of hydrogen-bond donors (Lipinski definition) is 2. The first-order valence-electron chi connectivity index (χ1n) is 12.0. The van der Waals surface area contributed by atoms with Crippen LogP contribution in [0.25, 0.3) is 0 Å². The van der Waals surface area contributed by atoms with E-state index in [9.17, 15) is 14.4 Å². The van der Waals surface area contributed by atoms with Gasteiger partial charge in [0, 0.05) is 30.9 Å². The van der Waals surface area contributed by atoms with Crippen molar-refractivity contribution in [1.82, 2.24) is 5.32 Å². The predicted octanol–water partition coefficient (Wildman–Crippen LogP) is 4.30. The van der Waals surface area contributed by atoms with Crippen LogP contribution in [0.5, 0.6) is 5.75 Å². The summed E-state index contributed by atoms with van der Waals surface area (Å²) in [6.07, 6.45) is 0.177. The molecule has 0 spiro atoms. The monoisotopic (exact) mass is 485 g/mol. The van der Waals surface area contributed by atoms with Crippen molar-refractivity contribution in [3.63, 3.8) is 0 Å². The standard InChI is InChI=1S/C29H31N3O4/c1-19-4-7-22(8-5-19)16-30-29(35)23-15-28(34)32(17-23)24-9-11-25(12-10-24)36-18-27(33)31-26-13-6-20(2)14-21(26)3/h4-14,23H,15-18H2,1-3H3,(H,30,35)(H,31,33). The van der Waals surface area contributed by atoms with E-state index in [0.717, 1.165) is 22.4 Å². The van der Waals surface area contributed by atoms with Gasteiger partial charge in [0.25, 0.3) is 5.91 Å². The summed E-state index contributed by atoms with van der Waals surface area (Å²) >= 11 is 0. The van der Waals surface area contributed by atoms with Crippen LogP contribution in [-0.4, -0.2) is 30.9 Å². The highest BCUT2D eigenvalue weighted by molar-refractivity contribution is 6.00. The number of anilines is 2. The second-order valence-electron chi connectivity index (χ2n) is 9.26. The van der Waals surface area contributed by atoms with Crippen LogP contribution in [0.4, 0.5) is 11.4 Å². The topological polar surface area (TPSA) is 87.7 Å². The minimum absolute atomic E-state index is 0.0907. The van der Waals surface area contributed by atoms with E-state index in [-0.39, 0.29) is 30.7 Å². The molecule has 2 N–H and O–H groups in total. The van der Waals surface area contributed by atoms with Crippen LogP contribution in [0.3, 0.4) is 0 Å². The molecule has 3 amide bonds. The zero-order valence-electron chi connectivity index (χ0n) is 20.8. The van der Waals surface area contributed by atoms with E-state index in [1.165, 1.54) is 5.56 Å². The molecule has 1 aliphatic rings. The number of nitrogens with one attached hydrogen (secondary N) is 2. The van der Waals surface area contributed by atoms with Gasteiger partial charge >= 0.3 is 0 Å². The van der Waals surface area contributed by atoms with E-state index < -0.39 is 5.92 Å². The van der Waals surface area contributed by atoms with Gasteiger partial charge in [0.15, 0.2) is 6.61 Å². The minimum atomic E-state index is -0.396. The number of hydrogen-bond acceptors (Lipinski definition) is 4. The lowest BCUT2D eigenvalue weighted by atomic mass is 10.1. The van der Waals surface area contributed by atoms with Crippen molar-refractivity contribution in [2.24, 2.45) is 5.92 Å². The highest BCUT2D eigenvalue weighted by atomic mass is 16.5. The van der Waals surface area contributed by atoms with E-state index in [1.54, 1.807) is 29.2 Å². The maximum absolute atomic E-state index is 12.6. The number of nitrogens with zero attached hydrogens (tertiary/aromatic N) is 1. The minimum Gasteiger partial charge on any atom is -0.484 e. The fraction of sp³-hybridized carbons (Fsp3) is 0.276. The van der Waals surface area contributed by atoms with Crippen molar-refractivity contribution >= 4 is 29.1 Å². The highest BCUT2D eigenvalue weighted by Crippen LogP contribution is 2.27. The molecular weight excluding hydrogens is 454 g/mol. The molecule has 1 saturated heterocycles. The van der Waals surface area contributed by atoms with E-state index in [4.69, 9.17) is 4.74 Å². The molecule has 0 saturated carbocycles. The Morgan fingerprint density at radius 3 is 2.33 bits per heavy atom. The van der Waals surface area contributed by atoms with E-state index >= 15 is 0 Å². The molecule has 1 fully saturated rings. The molecule has 1 atom stereocenters. The van der Waals surface area contributed by atoms with Crippen molar-refractivity contribution in [2.45, 2.75) is 33.7 Å². The third-order valence-corrected chi connectivity index (χ3v) is 6.26. The summed E-state index contributed by atoms with van der Waals surface area (Å²) in [6, 6.07) is 20.8. The summed E-state index contributed by atoms with van der Waals surface area (Å²) in [5.74, 6) is -0.338.